The smallest absolute Gasteiger partial charge is 0.0917 e. The van der Waals surface area contributed by atoms with E-state index in [2.05, 4.69) is 71.0 Å². The van der Waals surface area contributed by atoms with Crippen LogP contribution in [0.15, 0.2) is 36.4 Å². The van der Waals surface area contributed by atoms with Crippen LogP contribution in [0.25, 0.3) is 0 Å². The first kappa shape index (κ1) is 16.2. The first-order chi connectivity index (χ1) is 10.0. The van der Waals surface area contributed by atoms with Crippen LogP contribution in [0.5, 0.6) is 0 Å². The lowest BCUT2D eigenvalue weighted by Gasteiger charge is -2.20. The van der Waals surface area contributed by atoms with Gasteiger partial charge in [-0.2, -0.15) is 0 Å². The molecule has 0 amide bonds. The Morgan fingerprint density at radius 1 is 0.762 bits per heavy atom. The van der Waals surface area contributed by atoms with Gasteiger partial charge in [-0.15, -0.1) is 0 Å². The molecule has 0 aromatic heterocycles. The van der Waals surface area contributed by atoms with Crippen molar-refractivity contribution in [2.24, 2.45) is 0 Å². The predicted molar refractivity (Wildman–Crippen MR) is 94.3 cm³/mol. The fourth-order valence-electron chi connectivity index (χ4n) is 2.18. The fraction of sp³-hybridized carbons (Fsp3) is 0.368. The molecule has 2 heteroatoms. The summed E-state index contributed by atoms with van der Waals surface area (Å²) in [6.45, 7) is 11.6. The third kappa shape index (κ3) is 3.93. The molecule has 2 aromatic carbocycles. The molecule has 0 bridgehead atoms. The van der Waals surface area contributed by atoms with Crippen LogP contribution in [0.2, 0.25) is 0 Å². The lowest BCUT2D eigenvalue weighted by atomic mass is 10.1. The highest BCUT2D eigenvalue weighted by atomic mass is 31.1. The lowest BCUT2D eigenvalue weighted by molar-refractivity contribution is 0.360. The van der Waals surface area contributed by atoms with Gasteiger partial charge in [-0.1, -0.05) is 31.2 Å². The van der Waals surface area contributed by atoms with Crippen molar-refractivity contribution in [2.45, 2.75) is 41.0 Å². The molecule has 0 heterocycles. The Morgan fingerprint density at radius 2 is 1.24 bits per heavy atom. The Morgan fingerprint density at radius 3 is 1.62 bits per heavy atom. The summed E-state index contributed by atoms with van der Waals surface area (Å²) in [6.07, 6.45) is 1.05. The van der Waals surface area contributed by atoms with Gasteiger partial charge >= 0.3 is 0 Å². The van der Waals surface area contributed by atoms with Crippen LogP contribution >= 0.6 is 8.15 Å². The van der Waals surface area contributed by atoms with Crippen molar-refractivity contribution in [3.05, 3.63) is 58.7 Å². The van der Waals surface area contributed by atoms with Crippen LogP contribution in [0.4, 0.5) is 0 Å². The second kappa shape index (κ2) is 7.20. The number of hydrogen-bond acceptors (Lipinski definition) is 1. The molecule has 21 heavy (non-hydrogen) atoms. The van der Waals surface area contributed by atoms with Crippen LogP contribution in [-0.2, 0) is 4.52 Å². The Bertz CT molecular complexity index is 567. The van der Waals surface area contributed by atoms with Crippen molar-refractivity contribution < 1.29 is 4.52 Å². The zero-order chi connectivity index (χ0) is 15.4. The second-order valence-electron chi connectivity index (χ2n) is 5.66. The molecule has 2 rings (SSSR count). The summed E-state index contributed by atoms with van der Waals surface area (Å²) in [6, 6.07) is 13.4. The summed E-state index contributed by atoms with van der Waals surface area (Å²) in [4.78, 5) is 0. The van der Waals surface area contributed by atoms with E-state index in [1.807, 2.05) is 0 Å². The molecule has 0 unspecified atom stereocenters. The summed E-state index contributed by atoms with van der Waals surface area (Å²) in [5.41, 5.74) is 5.35. The highest BCUT2D eigenvalue weighted by Gasteiger charge is 2.16. The number of rotatable bonds is 5. The van der Waals surface area contributed by atoms with Gasteiger partial charge in [-0.05, 0) is 68.5 Å². The minimum atomic E-state index is -0.714. The Labute approximate surface area is 130 Å². The average molecular weight is 300 g/mol. The van der Waals surface area contributed by atoms with Gasteiger partial charge < -0.3 is 4.52 Å². The molecule has 0 spiro atoms. The fourth-order valence-corrected chi connectivity index (χ4v) is 4.19. The van der Waals surface area contributed by atoms with E-state index in [1.165, 1.54) is 32.9 Å². The Balaban J connectivity index is 2.41. The van der Waals surface area contributed by atoms with Crippen molar-refractivity contribution in [3.63, 3.8) is 0 Å². The van der Waals surface area contributed by atoms with Gasteiger partial charge in [0.25, 0.3) is 0 Å². The largest absolute Gasteiger partial charge is 0.350 e. The van der Waals surface area contributed by atoms with Crippen molar-refractivity contribution >= 4 is 18.8 Å². The van der Waals surface area contributed by atoms with Crippen LogP contribution in [-0.4, -0.2) is 6.61 Å². The molecular weight excluding hydrogens is 275 g/mol. The molecule has 0 saturated carbocycles. The van der Waals surface area contributed by atoms with Crippen LogP contribution in [0.3, 0.4) is 0 Å². The number of benzene rings is 2. The first-order valence-corrected chi connectivity index (χ1v) is 8.86. The maximum atomic E-state index is 6.22. The van der Waals surface area contributed by atoms with Gasteiger partial charge in [-0.25, -0.2) is 0 Å². The molecule has 112 valence electrons. The Hall–Kier alpha value is -1.17. The summed E-state index contributed by atoms with van der Waals surface area (Å²) in [5, 5.41) is 2.62. The van der Waals surface area contributed by atoms with E-state index in [9.17, 15) is 0 Å². The van der Waals surface area contributed by atoms with E-state index in [4.69, 9.17) is 4.52 Å². The van der Waals surface area contributed by atoms with Gasteiger partial charge in [0.2, 0.25) is 0 Å². The zero-order valence-electron chi connectivity index (χ0n) is 13.7. The van der Waals surface area contributed by atoms with E-state index in [0.29, 0.717) is 0 Å². The minimum absolute atomic E-state index is 0.714. The van der Waals surface area contributed by atoms with E-state index < -0.39 is 8.15 Å². The molecule has 0 atom stereocenters. The van der Waals surface area contributed by atoms with Crippen molar-refractivity contribution in [3.8, 4) is 0 Å². The van der Waals surface area contributed by atoms with E-state index in [1.54, 1.807) is 0 Å². The summed E-state index contributed by atoms with van der Waals surface area (Å²) < 4.78 is 6.22. The summed E-state index contributed by atoms with van der Waals surface area (Å²) >= 11 is 0. The normalized spacial score (nSPS) is 11.1. The van der Waals surface area contributed by atoms with Crippen LogP contribution < -0.4 is 10.6 Å². The molecule has 0 radical (unpaired) electrons. The van der Waals surface area contributed by atoms with Crippen LogP contribution in [0.1, 0.15) is 35.6 Å². The average Bonchev–Trinajstić information content (AvgIpc) is 2.46. The van der Waals surface area contributed by atoms with Crippen molar-refractivity contribution in [1.29, 1.82) is 0 Å². The topological polar surface area (TPSA) is 9.23 Å². The van der Waals surface area contributed by atoms with Crippen LogP contribution in [0, 0.1) is 27.7 Å². The number of hydrogen-bond donors (Lipinski definition) is 0. The molecule has 1 nitrogen and oxygen atoms in total. The monoisotopic (exact) mass is 300 g/mol. The van der Waals surface area contributed by atoms with Gasteiger partial charge in [0.1, 0.15) is 0 Å². The maximum absolute atomic E-state index is 6.22. The SMILES string of the molecule is CCCOP(c1ccc(C)c(C)c1)c1ccc(C)c(C)c1. The molecule has 2 aromatic rings. The molecule has 0 aliphatic heterocycles. The first-order valence-electron chi connectivity index (χ1n) is 7.60. The highest BCUT2D eigenvalue weighted by molar-refractivity contribution is 7.68. The summed E-state index contributed by atoms with van der Waals surface area (Å²) in [5.74, 6) is 0. The molecule has 0 N–H and O–H groups in total. The van der Waals surface area contributed by atoms with Gasteiger partial charge in [-0.3, -0.25) is 0 Å². The molecular formula is C19H25OP. The maximum Gasteiger partial charge on any atom is 0.0917 e. The highest BCUT2D eigenvalue weighted by Crippen LogP contribution is 2.36. The van der Waals surface area contributed by atoms with Gasteiger partial charge in [0.15, 0.2) is 0 Å². The standard InChI is InChI=1S/C19H25OP/c1-6-11-20-21(18-9-7-14(2)16(4)12-18)19-10-8-15(3)17(5)13-19/h7-10,12-13H,6,11H2,1-5H3. The van der Waals surface area contributed by atoms with Gasteiger partial charge in [0, 0.05) is 10.6 Å². The predicted octanol–water partition coefficient (Wildman–Crippen LogP) is 4.69. The molecule has 0 saturated heterocycles. The third-order valence-electron chi connectivity index (χ3n) is 3.87. The van der Waals surface area contributed by atoms with E-state index >= 15 is 0 Å². The zero-order valence-corrected chi connectivity index (χ0v) is 14.6. The summed E-state index contributed by atoms with van der Waals surface area (Å²) in [7, 11) is -0.714. The number of aryl methyl sites for hydroxylation is 4. The molecule has 0 aliphatic rings. The van der Waals surface area contributed by atoms with E-state index in [0.717, 1.165) is 13.0 Å². The molecule has 0 aliphatic carbocycles. The van der Waals surface area contributed by atoms with Crippen molar-refractivity contribution in [1.82, 2.24) is 0 Å². The van der Waals surface area contributed by atoms with E-state index in [-0.39, 0.29) is 0 Å². The second-order valence-corrected chi connectivity index (χ2v) is 7.54. The van der Waals surface area contributed by atoms with Crippen molar-refractivity contribution in [2.75, 3.05) is 6.61 Å². The third-order valence-corrected chi connectivity index (χ3v) is 5.81. The Kier molecular flexibility index (Phi) is 5.56. The minimum Gasteiger partial charge on any atom is -0.350 e. The lowest BCUT2D eigenvalue weighted by Crippen LogP contribution is -2.15. The van der Waals surface area contributed by atoms with Gasteiger partial charge in [0.05, 0.1) is 14.8 Å². The quantitative estimate of drug-likeness (QED) is 0.728. The molecule has 0 fully saturated rings.